The Kier molecular flexibility index (Phi) is 5.57. The average molecular weight is 385 g/mol. The summed E-state index contributed by atoms with van der Waals surface area (Å²) in [6.07, 6.45) is 4.27. The van der Waals surface area contributed by atoms with E-state index in [1.807, 2.05) is 30.9 Å². The highest BCUT2D eigenvalue weighted by molar-refractivity contribution is 5.81. The fourth-order valence-electron chi connectivity index (χ4n) is 3.63. The van der Waals surface area contributed by atoms with Gasteiger partial charge in [-0.25, -0.2) is 4.98 Å². The number of rotatable bonds is 4. The number of hydrogen-bond donors (Lipinski definition) is 0. The molecule has 2 saturated heterocycles. The van der Waals surface area contributed by atoms with Crippen molar-refractivity contribution in [1.82, 2.24) is 20.0 Å². The fourth-order valence-corrected chi connectivity index (χ4v) is 3.63. The molecule has 0 bridgehead atoms. The maximum atomic E-state index is 12.6. The SMILES string of the molecule is CC(C)c1noc(-c2ccc(N3CCCN(C(=O)C4CCCO4)CC3)nc2)n1. The number of carbonyl (C=O) groups is 1. The van der Waals surface area contributed by atoms with Gasteiger partial charge in [0, 0.05) is 44.9 Å². The molecular formula is C20H27N5O3. The Morgan fingerprint density at radius 1 is 1.18 bits per heavy atom. The lowest BCUT2D eigenvalue weighted by Crippen LogP contribution is -2.41. The van der Waals surface area contributed by atoms with Crippen LogP contribution in [0.4, 0.5) is 5.82 Å². The second-order valence-electron chi connectivity index (χ2n) is 7.69. The Morgan fingerprint density at radius 2 is 2.07 bits per heavy atom. The van der Waals surface area contributed by atoms with Crippen molar-refractivity contribution in [3.63, 3.8) is 0 Å². The third-order valence-electron chi connectivity index (χ3n) is 5.29. The van der Waals surface area contributed by atoms with E-state index in [2.05, 4.69) is 20.0 Å². The quantitative estimate of drug-likeness (QED) is 0.799. The van der Waals surface area contributed by atoms with Crippen LogP contribution in [-0.4, -0.2) is 64.8 Å². The van der Waals surface area contributed by atoms with Crippen LogP contribution in [0.25, 0.3) is 11.5 Å². The van der Waals surface area contributed by atoms with E-state index in [0.29, 0.717) is 24.9 Å². The molecule has 4 rings (SSSR count). The highest BCUT2D eigenvalue weighted by Crippen LogP contribution is 2.22. The molecular weight excluding hydrogens is 358 g/mol. The van der Waals surface area contributed by atoms with E-state index in [9.17, 15) is 4.79 Å². The summed E-state index contributed by atoms with van der Waals surface area (Å²) < 4.78 is 10.9. The molecule has 1 unspecified atom stereocenters. The summed E-state index contributed by atoms with van der Waals surface area (Å²) in [6.45, 7) is 7.87. The first kappa shape index (κ1) is 18.9. The van der Waals surface area contributed by atoms with Crippen molar-refractivity contribution in [2.45, 2.75) is 45.1 Å². The molecule has 8 heteroatoms. The highest BCUT2D eigenvalue weighted by atomic mass is 16.5. The minimum absolute atomic E-state index is 0.139. The van der Waals surface area contributed by atoms with Crippen LogP contribution in [0.15, 0.2) is 22.9 Å². The Labute approximate surface area is 164 Å². The molecule has 0 aromatic carbocycles. The number of anilines is 1. The van der Waals surface area contributed by atoms with E-state index in [-0.39, 0.29) is 17.9 Å². The second kappa shape index (κ2) is 8.26. The van der Waals surface area contributed by atoms with Gasteiger partial charge in [0.2, 0.25) is 0 Å². The number of pyridine rings is 1. The summed E-state index contributed by atoms with van der Waals surface area (Å²) in [6, 6.07) is 3.94. The first-order valence-electron chi connectivity index (χ1n) is 10.1. The predicted molar refractivity (Wildman–Crippen MR) is 104 cm³/mol. The Morgan fingerprint density at radius 3 is 2.75 bits per heavy atom. The van der Waals surface area contributed by atoms with Crippen molar-refractivity contribution < 1.29 is 14.1 Å². The van der Waals surface area contributed by atoms with Gasteiger partial charge in [-0.3, -0.25) is 4.79 Å². The summed E-state index contributed by atoms with van der Waals surface area (Å²) in [4.78, 5) is 25.8. The first-order chi connectivity index (χ1) is 13.6. The fraction of sp³-hybridized carbons (Fsp3) is 0.600. The molecule has 0 spiro atoms. The van der Waals surface area contributed by atoms with Crippen LogP contribution in [-0.2, 0) is 9.53 Å². The number of hydrogen-bond acceptors (Lipinski definition) is 7. The zero-order chi connectivity index (χ0) is 19.5. The molecule has 2 fully saturated rings. The number of ether oxygens (including phenoxy) is 1. The lowest BCUT2D eigenvalue weighted by Gasteiger charge is -2.24. The summed E-state index contributed by atoms with van der Waals surface area (Å²) in [5, 5.41) is 4.00. The summed E-state index contributed by atoms with van der Waals surface area (Å²) >= 11 is 0. The van der Waals surface area contributed by atoms with Crippen molar-refractivity contribution in [3.8, 4) is 11.5 Å². The minimum Gasteiger partial charge on any atom is -0.368 e. The van der Waals surface area contributed by atoms with Gasteiger partial charge in [-0.15, -0.1) is 0 Å². The average Bonchev–Trinajstić information content (AvgIpc) is 3.36. The molecule has 1 amide bonds. The Bertz CT molecular complexity index is 798. The Balaban J connectivity index is 1.39. The van der Waals surface area contributed by atoms with Gasteiger partial charge >= 0.3 is 0 Å². The van der Waals surface area contributed by atoms with Crippen molar-refractivity contribution in [3.05, 3.63) is 24.2 Å². The first-order valence-corrected chi connectivity index (χ1v) is 10.1. The highest BCUT2D eigenvalue weighted by Gasteiger charge is 2.29. The van der Waals surface area contributed by atoms with E-state index in [1.54, 1.807) is 6.20 Å². The summed E-state index contributed by atoms with van der Waals surface area (Å²) in [7, 11) is 0. The van der Waals surface area contributed by atoms with Crippen LogP contribution < -0.4 is 4.90 Å². The molecule has 4 heterocycles. The van der Waals surface area contributed by atoms with E-state index in [1.165, 1.54) is 0 Å². The van der Waals surface area contributed by atoms with Gasteiger partial charge in [-0.1, -0.05) is 19.0 Å². The van der Waals surface area contributed by atoms with Crippen LogP contribution in [0.1, 0.15) is 44.9 Å². The standard InChI is InChI=1S/C20H27N5O3/c1-14(2)18-22-19(28-23-18)15-6-7-17(21-13-15)24-8-4-9-25(11-10-24)20(26)16-5-3-12-27-16/h6-7,13-14,16H,3-5,8-12H2,1-2H3. The third kappa shape index (κ3) is 4.01. The molecule has 2 aromatic rings. The number of aromatic nitrogens is 3. The van der Waals surface area contributed by atoms with Crippen molar-refractivity contribution in [1.29, 1.82) is 0 Å². The molecule has 0 radical (unpaired) electrons. The van der Waals surface area contributed by atoms with Crippen LogP contribution in [0.5, 0.6) is 0 Å². The normalized spacial score (nSPS) is 20.6. The molecule has 150 valence electrons. The minimum atomic E-state index is -0.242. The summed E-state index contributed by atoms with van der Waals surface area (Å²) in [5.74, 6) is 2.45. The van der Waals surface area contributed by atoms with E-state index < -0.39 is 0 Å². The van der Waals surface area contributed by atoms with Gasteiger partial charge in [-0.05, 0) is 31.4 Å². The van der Waals surface area contributed by atoms with Gasteiger partial charge in [0.15, 0.2) is 5.82 Å². The van der Waals surface area contributed by atoms with Crippen LogP contribution in [0.2, 0.25) is 0 Å². The van der Waals surface area contributed by atoms with Crippen LogP contribution in [0.3, 0.4) is 0 Å². The lowest BCUT2D eigenvalue weighted by molar-refractivity contribution is -0.140. The third-order valence-corrected chi connectivity index (χ3v) is 5.29. The molecule has 0 N–H and O–H groups in total. The van der Waals surface area contributed by atoms with E-state index in [4.69, 9.17) is 9.26 Å². The molecule has 28 heavy (non-hydrogen) atoms. The molecule has 2 aromatic heterocycles. The van der Waals surface area contributed by atoms with Crippen molar-refractivity contribution in [2.75, 3.05) is 37.7 Å². The monoisotopic (exact) mass is 385 g/mol. The number of nitrogens with zero attached hydrogens (tertiary/aromatic N) is 5. The zero-order valence-electron chi connectivity index (χ0n) is 16.5. The van der Waals surface area contributed by atoms with Crippen molar-refractivity contribution in [2.24, 2.45) is 0 Å². The van der Waals surface area contributed by atoms with Gasteiger partial charge < -0.3 is 19.1 Å². The molecule has 0 aliphatic carbocycles. The maximum Gasteiger partial charge on any atom is 0.259 e. The smallest absolute Gasteiger partial charge is 0.259 e. The van der Waals surface area contributed by atoms with Crippen LogP contribution in [0, 0.1) is 0 Å². The van der Waals surface area contributed by atoms with Gasteiger partial charge in [0.25, 0.3) is 11.8 Å². The van der Waals surface area contributed by atoms with E-state index in [0.717, 1.165) is 50.3 Å². The van der Waals surface area contributed by atoms with Gasteiger partial charge in [-0.2, -0.15) is 4.98 Å². The predicted octanol–water partition coefficient (Wildman–Crippen LogP) is 2.47. The van der Waals surface area contributed by atoms with Crippen LogP contribution >= 0.6 is 0 Å². The van der Waals surface area contributed by atoms with Gasteiger partial charge in [0.1, 0.15) is 11.9 Å². The Hall–Kier alpha value is -2.48. The lowest BCUT2D eigenvalue weighted by atomic mass is 10.2. The maximum absolute atomic E-state index is 12.6. The molecule has 1 atom stereocenters. The second-order valence-corrected chi connectivity index (χ2v) is 7.69. The topological polar surface area (TPSA) is 84.6 Å². The van der Waals surface area contributed by atoms with Crippen molar-refractivity contribution >= 4 is 11.7 Å². The van der Waals surface area contributed by atoms with Gasteiger partial charge in [0.05, 0.1) is 5.56 Å². The molecule has 0 saturated carbocycles. The molecule has 8 nitrogen and oxygen atoms in total. The zero-order valence-corrected chi connectivity index (χ0v) is 16.5. The number of carbonyl (C=O) groups excluding carboxylic acids is 1. The molecule has 2 aliphatic heterocycles. The largest absolute Gasteiger partial charge is 0.368 e. The number of amides is 1. The molecule has 2 aliphatic rings. The van der Waals surface area contributed by atoms with E-state index >= 15 is 0 Å². The summed E-state index contributed by atoms with van der Waals surface area (Å²) in [5.41, 5.74) is 0.813.